The summed E-state index contributed by atoms with van der Waals surface area (Å²) in [5, 5.41) is 11.8. The van der Waals surface area contributed by atoms with Crippen molar-refractivity contribution in [1.29, 1.82) is 0 Å². The van der Waals surface area contributed by atoms with E-state index >= 15 is 0 Å². The van der Waals surface area contributed by atoms with Crippen molar-refractivity contribution in [3.8, 4) is 0 Å². The number of nitrogens with zero attached hydrogens (tertiary/aromatic N) is 4. The molecule has 1 atom stereocenters. The highest BCUT2D eigenvalue weighted by molar-refractivity contribution is 6.25. The summed E-state index contributed by atoms with van der Waals surface area (Å²) in [6.45, 7) is 10.8. The van der Waals surface area contributed by atoms with Gasteiger partial charge in [0.2, 0.25) is 0 Å². The van der Waals surface area contributed by atoms with Gasteiger partial charge >= 0.3 is 0 Å². The number of fused-ring (bicyclic) bond motifs is 3. The van der Waals surface area contributed by atoms with E-state index in [1.54, 1.807) is 6.26 Å². The highest BCUT2D eigenvalue weighted by atomic mass is 16.3. The zero-order valence-corrected chi connectivity index (χ0v) is 19.9. The Balaban J connectivity index is 1.85. The van der Waals surface area contributed by atoms with Gasteiger partial charge in [0.15, 0.2) is 6.39 Å². The predicted octanol–water partition coefficient (Wildman–Crippen LogP) is 6.04. The minimum absolute atomic E-state index is 0.00345. The number of aliphatic hydroxyl groups is 1. The second-order valence-electron chi connectivity index (χ2n) is 9.53. The van der Waals surface area contributed by atoms with E-state index in [-0.39, 0.29) is 6.04 Å². The van der Waals surface area contributed by atoms with Crippen molar-refractivity contribution < 1.29 is 9.52 Å². The van der Waals surface area contributed by atoms with Crippen molar-refractivity contribution in [3.63, 3.8) is 0 Å². The maximum absolute atomic E-state index is 10.7. The van der Waals surface area contributed by atoms with Crippen LogP contribution in [0.5, 0.6) is 0 Å². The first-order chi connectivity index (χ1) is 15.8. The second-order valence-corrected chi connectivity index (χ2v) is 9.53. The molecule has 0 saturated carbocycles. The van der Waals surface area contributed by atoms with Crippen molar-refractivity contribution in [2.45, 2.75) is 59.1 Å². The summed E-state index contributed by atoms with van der Waals surface area (Å²) in [6.07, 6.45) is 7.08. The molecule has 1 N–H and O–H groups in total. The molecule has 5 rings (SSSR count). The topological polar surface area (TPSA) is 76.4 Å². The molecule has 3 aromatic heterocycles. The van der Waals surface area contributed by atoms with Gasteiger partial charge in [0.1, 0.15) is 12.0 Å². The van der Waals surface area contributed by atoms with E-state index in [1.165, 1.54) is 17.5 Å². The van der Waals surface area contributed by atoms with Crippen LogP contribution in [-0.2, 0) is 5.60 Å². The number of oxazole rings is 1. The minimum Gasteiger partial charge on any atom is -0.451 e. The quantitative estimate of drug-likeness (QED) is 0.395. The molecule has 0 saturated heterocycles. The second kappa shape index (κ2) is 7.96. The Kier molecular flexibility index (Phi) is 5.20. The van der Waals surface area contributed by atoms with E-state index < -0.39 is 5.60 Å². The molecule has 0 fully saturated rings. The fourth-order valence-electron chi connectivity index (χ4n) is 4.99. The van der Waals surface area contributed by atoms with Gasteiger partial charge in [-0.15, -0.1) is 0 Å². The van der Waals surface area contributed by atoms with Crippen LogP contribution in [0.15, 0.2) is 58.1 Å². The highest BCUT2D eigenvalue weighted by Crippen LogP contribution is 2.38. The first kappa shape index (κ1) is 21.6. The Morgan fingerprint density at radius 3 is 2.61 bits per heavy atom. The largest absolute Gasteiger partial charge is 0.451 e. The molecule has 0 bridgehead atoms. The van der Waals surface area contributed by atoms with Crippen LogP contribution in [-0.4, -0.2) is 31.9 Å². The number of aliphatic imine (C=N–C) groups is 1. The number of hydrogen-bond acceptors (Lipinski definition) is 5. The molecule has 4 heterocycles. The molecule has 0 amide bonds. The number of rotatable bonds is 6. The number of hydrogen-bond donors (Lipinski definition) is 1. The molecule has 4 aromatic rings. The van der Waals surface area contributed by atoms with E-state index in [4.69, 9.17) is 9.40 Å². The Hall–Kier alpha value is -3.25. The molecule has 1 aliphatic heterocycles. The fraction of sp³-hybridized carbons (Fsp3) is 0.370. The number of allylic oxidation sites excluding steroid dienone is 1. The smallest absolute Gasteiger partial charge is 0.180 e. The van der Waals surface area contributed by atoms with Gasteiger partial charge in [0, 0.05) is 28.4 Å². The molecule has 33 heavy (non-hydrogen) atoms. The molecular formula is C27H30N4O2. The van der Waals surface area contributed by atoms with Gasteiger partial charge < -0.3 is 14.1 Å². The Bertz CT molecular complexity index is 1400. The standard InChI is InChI=1S/C27H30N4O2/c1-6-7-22(21-14-33-15-30-21)31-23-11-19(27(4,5)32)8-9-20(23)26-24(31)10-18(13-29-26)25-16(2)12-28-17(25)3/h8-11,13-15,22,32H,6-7,12H2,1-5H3. The summed E-state index contributed by atoms with van der Waals surface area (Å²) < 4.78 is 7.70. The lowest BCUT2D eigenvalue weighted by Gasteiger charge is -2.21. The predicted molar refractivity (Wildman–Crippen MR) is 133 cm³/mol. The number of pyridine rings is 1. The Labute approximate surface area is 193 Å². The van der Waals surface area contributed by atoms with Gasteiger partial charge in [0.05, 0.1) is 34.7 Å². The SMILES string of the molecule is CCCC(c1cocn1)n1c2cc(C(C)(C)O)ccc2c2ncc(C3=C(C)CN=C3C)cc21. The molecule has 6 nitrogen and oxygen atoms in total. The van der Waals surface area contributed by atoms with E-state index in [0.29, 0.717) is 0 Å². The summed E-state index contributed by atoms with van der Waals surface area (Å²) in [7, 11) is 0. The van der Waals surface area contributed by atoms with E-state index in [9.17, 15) is 5.11 Å². The monoisotopic (exact) mass is 442 g/mol. The van der Waals surface area contributed by atoms with Gasteiger partial charge in [-0.25, -0.2) is 4.98 Å². The molecule has 6 heteroatoms. The van der Waals surface area contributed by atoms with E-state index in [0.717, 1.165) is 63.9 Å². The summed E-state index contributed by atoms with van der Waals surface area (Å²) in [4.78, 5) is 14.1. The summed E-state index contributed by atoms with van der Waals surface area (Å²) in [5.74, 6) is 0. The first-order valence-electron chi connectivity index (χ1n) is 11.6. The molecule has 1 aromatic carbocycles. The van der Waals surface area contributed by atoms with E-state index in [2.05, 4.69) is 53.5 Å². The van der Waals surface area contributed by atoms with Gasteiger partial charge in [-0.3, -0.25) is 9.98 Å². The van der Waals surface area contributed by atoms with Gasteiger partial charge in [-0.1, -0.05) is 25.5 Å². The summed E-state index contributed by atoms with van der Waals surface area (Å²) in [5.41, 5.74) is 8.45. The first-order valence-corrected chi connectivity index (χ1v) is 11.6. The van der Waals surface area contributed by atoms with Crippen LogP contribution in [0.1, 0.15) is 70.3 Å². The third kappa shape index (κ3) is 3.59. The third-order valence-corrected chi connectivity index (χ3v) is 6.64. The Morgan fingerprint density at radius 2 is 1.97 bits per heavy atom. The van der Waals surface area contributed by atoms with Crippen molar-refractivity contribution in [2.75, 3.05) is 6.54 Å². The van der Waals surface area contributed by atoms with Gasteiger partial charge in [-0.05, 0) is 57.4 Å². The Morgan fingerprint density at radius 1 is 1.15 bits per heavy atom. The van der Waals surface area contributed by atoms with Crippen molar-refractivity contribution in [1.82, 2.24) is 14.5 Å². The van der Waals surface area contributed by atoms with Crippen LogP contribution in [0.2, 0.25) is 0 Å². The maximum Gasteiger partial charge on any atom is 0.180 e. The highest BCUT2D eigenvalue weighted by Gasteiger charge is 2.26. The molecule has 1 aliphatic rings. The lowest BCUT2D eigenvalue weighted by Crippen LogP contribution is -2.16. The molecule has 0 radical (unpaired) electrons. The number of benzene rings is 1. The van der Waals surface area contributed by atoms with Crippen LogP contribution in [0.3, 0.4) is 0 Å². The zero-order valence-electron chi connectivity index (χ0n) is 19.9. The molecular weight excluding hydrogens is 412 g/mol. The summed E-state index contributed by atoms with van der Waals surface area (Å²) in [6, 6.07) is 8.39. The fourth-order valence-corrected chi connectivity index (χ4v) is 4.99. The summed E-state index contributed by atoms with van der Waals surface area (Å²) >= 11 is 0. The van der Waals surface area contributed by atoms with Gasteiger partial charge in [-0.2, -0.15) is 0 Å². The maximum atomic E-state index is 10.7. The van der Waals surface area contributed by atoms with Gasteiger partial charge in [0.25, 0.3) is 0 Å². The average Bonchev–Trinajstić information content (AvgIpc) is 3.49. The van der Waals surface area contributed by atoms with Crippen molar-refractivity contribution in [3.05, 3.63) is 65.5 Å². The lowest BCUT2D eigenvalue weighted by molar-refractivity contribution is 0.0787. The van der Waals surface area contributed by atoms with Crippen LogP contribution in [0.25, 0.3) is 27.5 Å². The van der Waals surface area contributed by atoms with Crippen molar-refractivity contribution >= 4 is 33.2 Å². The van der Waals surface area contributed by atoms with Crippen LogP contribution >= 0.6 is 0 Å². The van der Waals surface area contributed by atoms with Crippen LogP contribution < -0.4 is 0 Å². The lowest BCUT2D eigenvalue weighted by atomic mass is 9.97. The molecule has 1 unspecified atom stereocenters. The number of aromatic nitrogens is 3. The van der Waals surface area contributed by atoms with Crippen LogP contribution in [0, 0.1) is 0 Å². The molecule has 0 spiro atoms. The molecule has 170 valence electrons. The minimum atomic E-state index is -0.943. The molecule has 0 aliphatic carbocycles. The third-order valence-electron chi connectivity index (χ3n) is 6.64. The van der Waals surface area contributed by atoms with Crippen molar-refractivity contribution in [2.24, 2.45) is 4.99 Å². The zero-order chi connectivity index (χ0) is 23.3. The van der Waals surface area contributed by atoms with Crippen LogP contribution in [0.4, 0.5) is 0 Å². The normalized spacial score (nSPS) is 15.6. The van der Waals surface area contributed by atoms with E-state index in [1.807, 2.05) is 26.1 Å². The average molecular weight is 443 g/mol.